The van der Waals surface area contributed by atoms with Crippen molar-refractivity contribution in [3.8, 4) is 11.5 Å². The number of hydrogen-bond donors (Lipinski definition) is 2. The number of carbonyl (C=O) groups is 1. The Morgan fingerprint density at radius 3 is 2.52 bits per heavy atom. The molecule has 3 N–H and O–H groups in total. The number of carbonyl (C=O) groups excluding carboxylic acids is 1. The van der Waals surface area contributed by atoms with Crippen LogP contribution in [0, 0.1) is 0 Å². The van der Waals surface area contributed by atoms with E-state index in [1.54, 1.807) is 18.2 Å². The average Bonchev–Trinajstić information content (AvgIpc) is 2.65. The number of benzene rings is 1. The topological polar surface area (TPSA) is 98.8 Å². The van der Waals surface area contributed by atoms with Crippen LogP contribution in [0.5, 0.6) is 11.5 Å². The van der Waals surface area contributed by atoms with E-state index in [2.05, 4.69) is 15.5 Å². The summed E-state index contributed by atoms with van der Waals surface area (Å²) in [6, 6.07) is 5.27. The third-order valence-corrected chi connectivity index (χ3v) is 4.37. The van der Waals surface area contributed by atoms with Crippen LogP contribution in [0.2, 0.25) is 15.2 Å². The van der Waals surface area contributed by atoms with Crippen molar-refractivity contribution in [2.45, 2.75) is 13.8 Å². The molecule has 0 saturated carbocycles. The molecule has 1 heterocycles. The normalized spacial score (nSPS) is 10.9. The van der Waals surface area contributed by atoms with Gasteiger partial charge in [-0.1, -0.05) is 34.8 Å². The maximum absolute atomic E-state index is 12.2. The van der Waals surface area contributed by atoms with Gasteiger partial charge in [-0.3, -0.25) is 4.79 Å². The highest BCUT2D eigenvalue weighted by Gasteiger charge is 2.19. The van der Waals surface area contributed by atoms with Crippen LogP contribution in [-0.4, -0.2) is 30.3 Å². The Morgan fingerprint density at radius 1 is 1.19 bits per heavy atom. The van der Waals surface area contributed by atoms with Crippen LogP contribution >= 0.6 is 34.8 Å². The van der Waals surface area contributed by atoms with Gasteiger partial charge in [-0.05, 0) is 37.6 Å². The van der Waals surface area contributed by atoms with Crippen molar-refractivity contribution < 1.29 is 14.3 Å². The minimum atomic E-state index is -0.683. The van der Waals surface area contributed by atoms with Gasteiger partial charge in [0.05, 0.1) is 30.1 Å². The molecule has 0 aliphatic carbocycles. The number of aromatic nitrogens is 1. The Hall–Kier alpha value is -2.22. The number of nitrogens with one attached hydrogen (secondary N) is 1. The van der Waals surface area contributed by atoms with Gasteiger partial charge >= 0.3 is 0 Å². The molecule has 7 nitrogen and oxygen atoms in total. The molecule has 2 aromatic rings. The lowest BCUT2D eigenvalue weighted by Crippen LogP contribution is -2.20. The zero-order valence-corrected chi connectivity index (χ0v) is 16.8. The van der Waals surface area contributed by atoms with Crippen molar-refractivity contribution in [3.05, 3.63) is 44.7 Å². The highest BCUT2D eigenvalue weighted by Crippen LogP contribution is 2.34. The van der Waals surface area contributed by atoms with Gasteiger partial charge in [0, 0.05) is 0 Å². The lowest BCUT2D eigenvalue weighted by Gasteiger charge is -2.11. The smallest absolute Gasteiger partial charge is 0.291 e. The zero-order valence-electron chi connectivity index (χ0n) is 14.6. The standard InChI is InChI=1S/C17H17Cl3N4O3/c1-3-26-10-6-5-9(7-11(10)27-4-2)8-22-24-17(25)15-12(18)14(21)13(19)16(20)23-15/h5-8H,3-4H2,1-2H3,(H2,21,23)(H,24,25)/b22-8+. The van der Waals surface area contributed by atoms with Crippen molar-refractivity contribution in [2.75, 3.05) is 18.9 Å². The number of nitrogens with zero attached hydrogens (tertiary/aromatic N) is 2. The number of rotatable bonds is 7. The predicted molar refractivity (Wildman–Crippen MR) is 108 cm³/mol. The fourth-order valence-corrected chi connectivity index (χ4v) is 2.64. The molecule has 0 unspecified atom stereocenters. The van der Waals surface area contributed by atoms with Crippen molar-refractivity contribution >= 4 is 52.6 Å². The maximum atomic E-state index is 12.2. The van der Waals surface area contributed by atoms with E-state index < -0.39 is 5.91 Å². The van der Waals surface area contributed by atoms with E-state index in [0.29, 0.717) is 30.3 Å². The average molecular weight is 432 g/mol. The molecule has 0 spiro atoms. The number of nitrogen functional groups attached to an aromatic ring is 1. The maximum Gasteiger partial charge on any atom is 0.291 e. The van der Waals surface area contributed by atoms with Crippen LogP contribution in [0.25, 0.3) is 0 Å². The molecule has 1 aromatic heterocycles. The molecule has 2 rings (SSSR count). The Kier molecular flexibility index (Phi) is 7.53. The first-order valence-electron chi connectivity index (χ1n) is 7.92. The second kappa shape index (κ2) is 9.64. The Balaban J connectivity index is 2.16. The second-order valence-electron chi connectivity index (χ2n) is 5.06. The number of hydrogen-bond acceptors (Lipinski definition) is 6. The number of anilines is 1. The fourth-order valence-electron chi connectivity index (χ4n) is 2.05. The summed E-state index contributed by atoms with van der Waals surface area (Å²) in [6.07, 6.45) is 1.44. The van der Waals surface area contributed by atoms with Gasteiger partial charge in [0.1, 0.15) is 5.02 Å². The Morgan fingerprint density at radius 2 is 1.85 bits per heavy atom. The van der Waals surface area contributed by atoms with Gasteiger partial charge in [-0.2, -0.15) is 5.10 Å². The molecule has 0 fully saturated rings. The molecule has 144 valence electrons. The van der Waals surface area contributed by atoms with Crippen molar-refractivity contribution in [3.63, 3.8) is 0 Å². The molecule has 0 radical (unpaired) electrons. The van der Waals surface area contributed by atoms with Gasteiger partial charge in [0.2, 0.25) is 0 Å². The van der Waals surface area contributed by atoms with Gasteiger partial charge < -0.3 is 15.2 Å². The minimum Gasteiger partial charge on any atom is -0.490 e. The summed E-state index contributed by atoms with van der Waals surface area (Å²) < 4.78 is 11.0. The molecule has 1 amide bonds. The first-order chi connectivity index (χ1) is 12.9. The number of pyridine rings is 1. The highest BCUT2D eigenvalue weighted by atomic mass is 35.5. The molecular weight excluding hydrogens is 415 g/mol. The van der Waals surface area contributed by atoms with Crippen molar-refractivity contribution in [1.29, 1.82) is 0 Å². The lowest BCUT2D eigenvalue weighted by molar-refractivity contribution is 0.0950. The van der Waals surface area contributed by atoms with Crippen LogP contribution in [0.3, 0.4) is 0 Å². The number of ether oxygens (including phenoxy) is 2. The summed E-state index contributed by atoms with van der Waals surface area (Å²) >= 11 is 17.6. The molecule has 0 atom stereocenters. The van der Waals surface area contributed by atoms with Crippen LogP contribution in [0.1, 0.15) is 29.9 Å². The first kappa shape index (κ1) is 21.1. The van der Waals surface area contributed by atoms with E-state index >= 15 is 0 Å². The number of amides is 1. The number of halogens is 3. The molecule has 1 aromatic carbocycles. The van der Waals surface area contributed by atoms with Crippen LogP contribution < -0.4 is 20.6 Å². The van der Waals surface area contributed by atoms with E-state index in [4.69, 9.17) is 50.0 Å². The van der Waals surface area contributed by atoms with Crippen LogP contribution in [0.15, 0.2) is 23.3 Å². The Bertz CT molecular complexity index is 875. The molecular formula is C17H17Cl3N4O3. The molecule has 0 bridgehead atoms. The van der Waals surface area contributed by atoms with Gasteiger partial charge in [-0.15, -0.1) is 0 Å². The zero-order chi connectivity index (χ0) is 20.0. The largest absolute Gasteiger partial charge is 0.490 e. The molecule has 10 heteroatoms. The summed E-state index contributed by atoms with van der Waals surface area (Å²) in [5.41, 5.74) is 8.48. The summed E-state index contributed by atoms with van der Waals surface area (Å²) in [4.78, 5) is 16.0. The number of hydrazone groups is 1. The second-order valence-corrected chi connectivity index (χ2v) is 6.18. The Labute approximate surface area is 171 Å². The monoisotopic (exact) mass is 430 g/mol. The summed E-state index contributed by atoms with van der Waals surface area (Å²) in [7, 11) is 0. The minimum absolute atomic E-state index is 0.0143. The van der Waals surface area contributed by atoms with E-state index in [9.17, 15) is 4.79 Å². The van der Waals surface area contributed by atoms with Gasteiger partial charge in [-0.25, -0.2) is 10.4 Å². The van der Waals surface area contributed by atoms with Crippen LogP contribution in [0.4, 0.5) is 5.69 Å². The SMILES string of the molecule is CCOc1ccc(/C=N/NC(=O)c2nc(Cl)c(Cl)c(N)c2Cl)cc1OCC. The van der Waals surface area contributed by atoms with Crippen LogP contribution in [-0.2, 0) is 0 Å². The molecule has 0 aliphatic rings. The quantitative estimate of drug-likeness (QED) is 0.389. The summed E-state index contributed by atoms with van der Waals surface area (Å²) in [5, 5.41) is 3.64. The third-order valence-electron chi connectivity index (χ3n) is 3.23. The third kappa shape index (κ3) is 5.15. The first-order valence-corrected chi connectivity index (χ1v) is 9.05. The molecule has 0 saturated heterocycles. The summed E-state index contributed by atoms with van der Waals surface area (Å²) in [6.45, 7) is 4.76. The molecule has 0 aliphatic heterocycles. The molecule has 27 heavy (non-hydrogen) atoms. The van der Waals surface area contributed by atoms with Crippen molar-refractivity contribution in [2.24, 2.45) is 5.10 Å². The van der Waals surface area contributed by atoms with E-state index in [1.807, 2.05) is 13.8 Å². The fraction of sp³-hybridized carbons (Fsp3) is 0.235. The predicted octanol–water partition coefficient (Wildman–Crippen LogP) is 4.19. The van der Waals surface area contributed by atoms with E-state index in [-0.39, 0.29) is 26.6 Å². The highest BCUT2D eigenvalue weighted by molar-refractivity contribution is 6.46. The van der Waals surface area contributed by atoms with E-state index in [0.717, 1.165) is 0 Å². The van der Waals surface area contributed by atoms with Gasteiger partial charge in [0.25, 0.3) is 5.91 Å². The van der Waals surface area contributed by atoms with Gasteiger partial charge in [0.15, 0.2) is 22.3 Å². The lowest BCUT2D eigenvalue weighted by atomic mass is 10.2. The van der Waals surface area contributed by atoms with Crippen molar-refractivity contribution in [1.82, 2.24) is 10.4 Å². The number of nitrogens with two attached hydrogens (primary N) is 1. The van der Waals surface area contributed by atoms with E-state index in [1.165, 1.54) is 6.21 Å². The summed E-state index contributed by atoms with van der Waals surface area (Å²) in [5.74, 6) is 0.525.